The predicted octanol–water partition coefficient (Wildman–Crippen LogP) is 0.911. The van der Waals surface area contributed by atoms with E-state index in [0.717, 1.165) is 32.6 Å². The van der Waals surface area contributed by atoms with Gasteiger partial charge in [-0.25, -0.2) is 0 Å². The molecule has 0 spiro atoms. The second-order valence-corrected chi connectivity index (χ2v) is 14.1. The van der Waals surface area contributed by atoms with Gasteiger partial charge in [0, 0.05) is 18.7 Å². The molecule has 3 aliphatic rings. The summed E-state index contributed by atoms with van der Waals surface area (Å²) in [5, 5.41) is 18.6. The second-order valence-electron chi connectivity index (χ2n) is 9.85. The molecule has 15 nitrogen and oxygen atoms in total. The molecule has 1 aromatic heterocycles. The number of carboxylic acid groups (broad SMARTS) is 2. The van der Waals surface area contributed by atoms with Gasteiger partial charge in [-0.3, -0.25) is 33.2 Å². The summed E-state index contributed by atoms with van der Waals surface area (Å²) >= 11 is 6.82. The van der Waals surface area contributed by atoms with Crippen molar-refractivity contribution in [2.75, 3.05) is 30.5 Å². The number of aromatic nitrogens is 1. The summed E-state index contributed by atoms with van der Waals surface area (Å²) in [5.74, 6) is -2.11. The third-order valence-corrected chi connectivity index (χ3v) is 10.2. The molecule has 0 atom stereocenters. The first-order chi connectivity index (χ1) is 21.8. The molecule has 2 aromatic rings. The quantitative estimate of drug-likeness (QED) is 0.219. The summed E-state index contributed by atoms with van der Waals surface area (Å²) in [5.41, 5.74) is 0.542. The van der Waals surface area contributed by atoms with Gasteiger partial charge >= 0.3 is 11.9 Å². The molecule has 1 amide bonds. The lowest BCUT2D eigenvalue weighted by Crippen LogP contribution is -2.36. The number of amides is 1. The predicted molar refractivity (Wildman–Crippen MR) is 171 cm³/mol. The van der Waals surface area contributed by atoms with Crippen LogP contribution in [-0.2, 0) is 31.0 Å². The standard InChI is InChI=1S/C27H25N3O12S4/c1-2-14(4-5-20-28(6-3-7-46(37,38)39)15-9-17-18(41-13-40-17)10-16(15)42-20)8-19-24(35)29(11-21(31)32)26(44-19)23-25(36)30(12-22(33)34)27(43)45-23/h4-5,8-10H,2-3,6-7,11-13H2,1H3,(H,31,32)(H,33,34)(H,37,38,39)/b14-4?,19-8?,20-5?,26-23+. The van der Waals surface area contributed by atoms with Crippen LogP contribution < -0.4 is 33.9 Å². The number of thioether (sulfide) groups is 1. The van der Waals surface area contributed by atoms with Crippen molar-refractivity contribution in [2.24, 2.45) is 0 Å². The largest absolute Gasteiger partial charge is 0.480 e. The van der Waals surface area contributed by atoms with Gasteiger partial charge in [0.05, 0.1) is 16.0 Å². The molecular formula is C27H25N3O12S4. The SMILES string of the molecule is CCC(=CC=C1Oc2cc3c(cc2N1CCCS(=O)(=O)O)OCO3)C=c1s/c(=C2/SC(=S)N(CC(=O)O)C2=O)n(CC(=O)O)c1=O. The van der Waals surface area contributed by atoms with Crippen molar-refractivity contribution in [3.05, 3.63) is 55.3 Å². The lowest BCUT2D eigenvalue weighted by Gasteiger charge is -2.18. The number of carbonyl (C=O) groups excluding carboxylic acids is 1. The van der Waals surface area contributed by atoms with Crippen molar-refractivity contribution < 1.29 is 51.8 Å². The molecule has 1 saturated heterocycles. The van der Waals surface area contributed by atoms with Crippen molar-refractivity contribution in [2.45, 2.75) is 26.3 Å². The number of carboxylic acids is 2. The number of ether oxygens (including phenoxy) is 3. The van der Waals surface area contributed by atoms with Crippen LogP contribution in [0.3, 0.4) is 0 Å². The number of fused-ring (bicyclic) bond motifs is 2. The number of carbonyl (C=O) groups is 3. The lowest BCUT2D eigenvalue weighted by atomic mass is 10.2. The maximum absolute atomic E-state index is 13.4. The maximum atomic E-state index is 13.4. The molecule has 0 aliphatic carbocycles. The van der Waals surface area contributed by atoms with Crippen molar-refractivity contribution in [1.82, 2.24) is 9.47 Å². The van der Waals surface area contributed by atoms with E-state index in [1.54, 1.807) is 35.3 Å². The Bertz CT molecular complexity index is 2010. The molecule has 3 N–H and O–H groups in total. The second kappa shape index (κ2) is 13.3. The van der Waals surface area contributed by atoms with Gasteiger partial charge in [0.2, 0.25) is 12.7 Å². The lowest BCUT2D eigenvalue weighted by molar-refractivity contribution is -0.140. The molecule has 1 aromatic carbocycles. The van der Waals surface area contributed by atoms with E-state index in [1.165, 1.54) is 0 Å². The van der Waals surface area contributed by atoms with Crippen LogP contribution in [0.25, 0.3) is 11.0 Å². The first kappa shape index (κ1) is 33.2. The molecule has 46 heavy (non-hydrogen) atoms. The van der Waals surface area contributed by atoms with Crippen molar-refractivity contribution >= 4 is 84.3 Å². The average Bonchev–Trinajstić information content (AvgIpc) is 3.71. The van der Waals surface area contributed by atoms with E-state index in [0.29, 0.717) is 40.8 Å². The fourth-order valence-electron chi connectivity index (χ4n) is 4.63. The van der Waals surface area contributed by atoms with Crippen LogP contribution in [0.15, 0.2) is 40.5 Å². The summed E-state index contributed by atoms with van der Waals surface area (Å²) in [4.78, 5) is 51.8. The first-order valence-corrected chi connectivity index (χ1v) is 17.1. The fraction of sp³-hybridized carbons (Fsp3) is 0.296. The normalized spacial score (nSPS) is 18.5. The molecule has 0 saturated carbocycles. The topological polar surface area (TPSA) is 202 Å². The molecule has 0 unspecified atom stereocenters. The number of allylic oxidation sites excluding steroid dienone is 3. The van der Waals surface area contributed by atoms with Crippen LogP contribution in [0.4, 0.5) is 5.69 Å². The van der Waals surface area contributed by atoms with Gasteiger partial charge in [-0.1, -0.05) is 37.0 Å². The van der Waals surface area contributed by atoms with Gasteiger partial charge in [-0.15, -0.1) is 11.3 Å². The van der Waals surface area contributed by atoms with Crippen molar-refractivity contribution in [1.29, 1.82) is 0 Å². The Kier molecular flexibility index (Phi) is 9.59. The van der Waals surface area contributed by atoms with Gasteiger partial charge in [-0.05, 0) is 30.6 Å². The van der Waals surface area contributed by atoms with Crippen LogP contribution in [-0.4, -0.2) is 80.5 Å². The molecule has 5 rings (SSSR count). The summed E-state index contributed by atoms with van der Waals surface area (Å²) in [6, 6.07) is 3.34. The number of rotatable bonds is 11. The molecule has 19 heteroatoms. The highest BCUT2D eigenvalue weighted by Crippen LogP contribution is 2.47. The first-order valence-electron chi connectivity index (χ1n) is 13.4. The van der Waals surface area contributed by atoms with Crippen molar-refractivity contribution in [3.8, 4) is 17.2 Å². The molecule has 1 fully saturated rings. The molecule has 3 aliphatic heterocycles. The Labute approximate surface area is 274 Å². The van der Waals surface area contributed by atoms with E-state index >= 15 is 0 Å². The van der Waals surface area contributed by atoms with Crippen LogP contribution in [0.1, 0.15) is 19.8 Å². The molecule has 0 bridgehead atoms. The minimum absolute atomic E-state index is 0.0292. The van der Waals surface area contributed by atoms with Gasteiger partial charge < -0.3 is 29.3 Å². The fourth-order valence-corrected chi connectivity index (χ4v) is 7.65. The maximum Gasteiger partial charge on any atom is 0.323 e. The van der Waals surface area contributed by atoms with Crippen molar-refractivity contribution in [3.63, 3.8) is 0 Å². The Morgan fingerprint density at radius 1 is 1.07 bits per heavy atom. The van der Waals surface area contributed by atoms with E-state index in [2.05, 4.69) is 0 Å². The Morgan fingerprint density at radius 2 is 1.76 bits per heavy atom. The monoisotopic (exact) mass is 711 g/mol. The van der Waals surface area contributed by atoms with Crippen LogP contribution in [0, 0.1) is 0 Å². The minimum atomic E-state index is -4.19. The van der Waals surface area contributed by atoms with Gasteiger partial charge in [-0.2, -0.15) is 8.42 Å². The van der Waals surface area contributed by atoms with E-state index < -0.39 is 52.4 Å². The number of hydrogen-bond acceptors (Lipinski definition) is 13. The third-order valence-electron chi connectivity index (χ3n) is 6.71. The molecular weight excluding hydrogens is 687 g/mol. The van der Waals surface area contributed by atoms with Gasteiger partial charge in [0.25, 0.3) is 21.6 Å². The Hall–Kier alpha value is -4.17. The average molecular weight is 712 g/mol. The van der Waals surface area contributed by atoms with Gasteiger partial charge in [0.15, 0.2) is 17.2 Å². The number of anilines is 1. The van der Waals surface area contributed by atoms with Crippen LogP contribution in [0.5, 0.6) is 17.2 Å². The molecule has 4 heterocycles. The summed E-state index contributed by atoms with van der Waals surface area (Å²) in [7, 11) is -4.19. The van der Waals surface area contributed by atoms with E-state index in [4.69, 9.17) is 31.5 Å². The zero-order valence-corrected chi connectivity index (χ0v) is 27.1. The summed E-state index contributed by atoms with van der Waals surface area (Å²) in [6.07, 6.45) is 5.33. The Balaban J connectivity index is 1.54. The van der Waals surface area contributed by atoms with E-state index in [1.807, 2.05) is 6.92 Å². The van der Waals surface area contributed by atoms with E-state index in [9.17, 15) is 37.3 Å². The van der Waals surface area contributed by atoms with Crippen LogP contribution >= 0.6 is 35.3 Å². The number of aliphatic carboxylic acids is 2. The smallest absolute Gasteiger partial charge is 0.323 e. The van der Waals surface area contributed by atoms with Gasteiger partial charge in [0.1, 0.15) is 27.0 Å². The summed E-state index contributed by atoms with van der Waals surface area (Å²) < 4.78 is 49.9. The molecule has 244 valence electrons. The minimum Gasteiger partial charge on any atom is -0.480 e. The number of benzene rings is 1. The van der Waals surface area contributed by atoms with Crippen LogP contribution in [0.2, 0.25) is 0 Å². The zero-order valence-electron chi connectivity index (χ0n) is 23.8. The number of thiazole rings is 1. The number of thiocarbonyl (C=S) groups is 1. The highest BCUT2D eigenvalue weighted by Gasteiger charge is 2.35. The summed E-state index contributed by atoms with van der Waals surface area (Å²) in [6.45, 7) is 0.613. The Morgan fingerprint density at radius 3 is 2.41 bits per heavy atom. The third kappa shape index (κ3) is 7.12. The van der Waals surface area contributed by atoms with E-state index in [-0.39, 0.29) is 38.2 Å². The highest BCUT2D eigenvalue weighted by molar-refractivity contribution is 8.30. The number of hydrogen-bond donors (Lipinski definition) is 3. The highest BCUT2D eigenvalue weighted by atomic mass is 32.2. The molecule has 0 radical (unpaired) electrons. The number of nitrogens with zero attached hydrogens (tertiary/aromatic N) is 3. The zero-order chi connectivity index (χ0) is 33.3.